The van der Waals surface area contributed by atoms with Crippen molar-refractivity contribution in [2.75, 3.05) is 7.11 Å². The summed E-state index contributed by atoms with van der Waals surface area (Å²) in [6, 6.07) is 9.84. The van der Waals surface area contributed by atoms with E-state index < -0.39 is 0 Å². The van der Waals surface area contributed by atoms with E-state index in [0.717, 1.165) is 15.8 Å². The molecule has 1 N–H and O–H groups in total. The number of halogens is 1. The third-order valence-electron chi connectivity index (χ3n) is 2.72. The lowest BCUT2D eigenvalue weighted by Crippen LogP contribution is -2.13. The molecule has 0 spiro atoms. The summed E-state index contributed by atoms with van der Waals surface area (Å²) in [6.07, 6.45) is 0.948. The Morgan fingerprint density at radius 2 is 2.17 bits per heavy atom. The quantitative estimate of drug-likeness (QED) is 0.908. The molecule has 18 heavy (non-hydrogen) atoms. The molecule has 96 valence electrons. The van der Waals surface area contributed by atoms with Gasteiger partial charge < -0.3 is 9.84 Å². The second-order valence-corrected chi connectivity index (χ2v) is 5.96. The van der Waals surface area contributed by atoms with Gasteiger partial charge in [-0.15, -0.1) is 11.3 Å². The number of aliphatic hydroxyl groups is 1. The van der Waals surface area contributed by atoms with Gasteiger partial charge in [0.05, 0.1) is 13.2 Å². The van der Waals surface area contributed by atoms with Gasteiger partial charge in [0.1, 0.15) is 5.75 Å². The van der Waals surface area contributed by atoms with Crippen LogP contribution in [0.5, 0.6) is 5.75 Å². The molecule has 0 aliphatic carbocycles. The van der Waals surface area contributed by atoms with Crippen LogP contribution in [-0.4, -0.2) is 18.3 Å². The fourth-order valence-electron chi connectivity index (χ4n) is 1.83. The summed E-state index contributed by atoms with van der Waals surface area (Å²) >= 11 is 5.15. The van der Waals surface area contributed by atoms with E-state index in [2.05, 4.69) is 15.9 Å². The molecule has 0 radical (unpaired) electrons. The highest BCUT2D eigenvalue weighted by molar-refractivity contribution is 9.10. The molecular formula is C14H15BrO2S. The van der Waals surface area contributed by atoms with Crippen LogP contribution in [0.1, 0.15) is 10.4 Å². The average Bonchev–Trinajstić information content (AvgIpc) is 2.75. The van der Waals surface area contributed by atoms with Gasteiger partial charge in [0.15, 0.2) is 0 Å². The van der Waals surface area contributed by atoms with Gasteiger partial charge >= 0.3 is 0 Å². The SMILES string of the molecule is COc1cccc(CC(O)Cc2sccc2Br)c1. The lowest BCUT2D eigenvalue weighted by Gasteiger charge is -2.11. The first-order chi connectivity index (χ1) is 8.69. The molecule has 1 atom stereocenters. The van der Waals surface area contributed by atoms with Crippen LogP contribution < -0.4 is 4.74 Å². The van der Waals surface area contributed by atoms with E-state index in [9.17, 15) is 5.11 Å². The highest BCUT2D eigenvalue weighted by Crippen LogP contribution is 2.25. The topological polar surface area (TPSA) is 29.5 Å². The monoisotopic (exact) mass is 326 g/mol. The van der Waals surface area contributed by atoms with Crippen molar-refractivity contribution in [3.63, 3.8) is 0 Å². The molecule has 1 aromatic heterocycles. The van der Waals surface area contributed by atoms with E-state index in [-0.39, 0.29) is 6.10 Å². The van der Waals surface area contributed by atoms with E-state index >= 15 is 0 Å². The van der Waals surface area contributed by atoms with Gasteiger partial charge in [-0.3, -0.25) is 0 Å². The number of hydrogen-bond donors (Lipinski definition) is 1. The van der Waals surface area contributed by atoms with E-state index in [1.165, 1.54) is 4.88 Å². The van der Waals surface area contributed by atoms with Crippen molar-refractivity contribution in [1.82, 2.24) is 0 Å². The average molecular weight is 327 g/mol. The number of hydrogen-bond acceptors (Lipinski definition) is 3. The van der Waals surface area contributed by atoms with Crippen molar-refractivity contribution in [3.8, 4) is 5.75 Å². The minimum atomic E-state index is -0.368. The van der Waals surface area contributed by atoms with Crippen molar-refractivity contribution < 1.29 is 9.84 Å². The molecule has 2 rings (SSSR count). The lowest BCUT2D eigenvalue weighted by molar-refractivity contribution is 0.176. The largest absolute Gasteiger partial charge is 0.497 e. The predicted molar refractivity (Wildman–Crippen MR) is 78.4 cm³/mol. The van der Waals surface area contributed by atoms with Gasteiger partial charge in [-0.05, 0) is 51.5 Å². The Labute approximate surface area is 119 Å². The first-order valence-corrected chi connectivity index (χ1v) is 7.39. The Bertz CT molecular complexity index is 510. The zero-order valence-electron chi connectivity index (χ0n) is 10.1. The Balaban J connectivity index is 1.98. The fourth-order valence-corrected chi connectivity index (χ4v) is 3.42. The van der Waals surface area contributed by atoms with Crippen molar-refractivity contribution in [3.05, 3.63) is 50.6 Å². The minimum Gasteiger partial charge on any atom is -0.497 e. The Hall–Kier alpha value is -0.840. The van der Waals surface area contributed by atoms with Gasteiger partial charge in [-0.25, -0.2) is 0 Å². The van der Waals surface area contributed by atoms with Crippen LogP contribution in [0.2, 0.25) is 0 Å². The number of methoxy groups -OCH3 is 1. The summed E-state index contributed by atoms with van der Waals surface area (Å²) in [5.74, 6) is 0.831. The van der Waals surface area contributed by atoms with Gasteiger partial charge in [0, 0.05) is 15.8 Å². The number of thiophene rings is 1. The van der Waals surface area contributed by atoms with Gasteiger partial charge in [0.25, 0.3) is 0 Å². The second kappa shape index (κ2) is 6.36. The third-order valence-corrected chi connectivity index (χ3v) is 4.67. The van der Waals surface area contributed by atoms with E-state index in [1.807, 2.05) is 35.7 Å². The normalized spacial score (nSPS) is 12.4. The van der Waals surface area contributed by atoms with Gasteiger partial charge in [-0.1, -0.05) is 12.1 Å². The van der Waals surface area contributed by atoms with Crippen LogP contribution in [-0.2, 0) is 12.8 Å². The molecule has 1 aromatic carbocycles. The molecule has 4 heteroatoms. The smallest absolute Gasteiger partial charge is 0.119 e. The summed E-state index contributed by atoms with van der Waals surface area (Å²) in [5, 5.41) is 12.1. The number of rotatable bonds is 5. The van der Waals surface area contributed by atoms with Gasteiger partial charge in [0.2, 0.25) is 0 Å². The summed E-state index contributed by atoms with van der Waals surface area (Å²) in [5.41, 5.74) is 1.09. The molecule has 0 aliphatic rings. The fraction of sp³-hybridized carbons (Fsp3) is 0.286. The molecule has 2 nitrogen and oxygen atoms in total. The molecule has 0 bridgehead atoms. The lowest BCUT2D eigenvalue weighted by atomic mass is 10.0. The number of aliphatic hydroxyl groups excluding tert-OH is 1. The standard InChI is InChI=1S/C14H15BrO2S/c1-17-12-4-2-3-10(8-12)7-11(16)9-14-13(15)5-6-18-14/h2-6,8,11,16H,7,9H2,1H3. The zero-order chi connectivity index (χ0) is 13.0. The first-order valence-electron chi connectivity index (χ1n) is 5.72. The molecule has 2 aromatic rings. The summed E-state index contributed by atoms with van der Waals surface area (Å²) < 4.78 is 6.26. The van der Waals surface area contributed by atoms with Crippen LogP contribution in [0.15, 0.2) is 40.2 Å². The molecule has 0 saturated carbocycles. The van der Waals surface area contributed by atoms with E-state index in [4.69, 9.17) is 4.74 Å². The third kappa shape index (κ3) is 3.57. The van der Waals surface area contributed by atoms with E-state index in [0.29, 0.717) is 12.8 Å². The minimum absolute atomic E-state index is 0.368. The van der Waals surface area contributed by atoms with Crippen molar-refractivity contribution in [2.24, 2.45) is 0 Å². The zero-order valence-corrected chi connectivity index (χ0v) is 12.5. The number of benzene rings is 1. The van der Waals surface area contributed by atoms with Crippen LogP contribution >= 0.6 is 27.3 Å². The number of ether oxygens (including phenoxy) is 1. The van der Waals surface area contributed by atoms with E-state index in [1.54, 1.807) is 18.4 Å². The van der Waals surface area contributed by atoms with Crippen molar-refractivity contribution in [2.45, 2.75) is 18.9 Å². The maximum absolute atomic E-state index is 10.1. The Morgan fingerprint density at radius 1 is 1.33 bits per heavy atom. The molecule has 1 heterocycles. The highest BCUT2D eigenvalue weighted by atomic mass is 79.9. The van der Waals surface area contributed by atoms with Crippen molar-refractivity contribution >= 4 is 27.3 Å². The molecule has 0 saturated heterocycles. The van der Waals surface area contributed by atoms with Crippen LogP contribution in [0.3, 0.4) is 0 Å². The van der Waals surface area contributed by atoms with Gasteiger partial charge in [-0.2, -0.15) is 0 Å². The maximum Gasteiger partial charge on any atom is 0.119 e. The highest BCUT2D eigenvalue weighted by Gasteiger charge is 2.10. The Morgan fingerprint density at radius 3 is 2.83 bits per heavy atom. The summed E-state index contributed by atoms with van der Waals surface area (Å²) in [4.78, 5) is 1.19. The summed E-state index contributed by atoms with van der Waals surface area (Å²) in [6.45, 7) is 0. The predicted octanol–water partition coefficient (Wildman–Crippen LogP) is 3.67. The van der Waals surface area contributed by atoms with Crippen LogP contribution in [0.4, 0.5) is 0 Å². The second-order valence-electron chi connectivity index (χ2n) is 4.11. The molecule has 0 aliphatic heterocycles. The molecule has 0 amide bonds. The Kier molecular flexibility index (Phi) is 4.80. The first kappa shape index (κ1) is 13.6. The maximum atomic E-state index is 10.1. The van der Waals surface area contributed by atoms with Crippen molar-refractivity contribution in [1.29, 1.82) is 0 Å². The van der Waals surface area contributed by atoms with Crippen LogP contribution in [0.25, 0.3) is 0 Å². The molecule has 1 unspecified atom stereocenters. The summed E-state index contributed by atoms with van der Waals surface area (Å²) in [7, 11) is 1.65. The molecular weight excluding hydrogens is 312 g/mol. The molecule has 0 fully saturated rings. The van der Waals surface area contributed by atoms with Crippen LogP contribution in [0, 0.1) is 0 Å².